The predicted octanol–water partition coefficient (Wildman–Crippen LogP) is -0.0574. The highest BCUT2D eigenvalue weighted by atomic mass is 16.4. The van der Waals surface area contributed by atoms with Gasteiger partial charge >= 0.3 is 11.7 Å². The molecular formula is C13H11N3O5. The number of aliphatic carboxylic acids is 1. The smallest absolute Gasteiger partial charge is 0.326 e. The summed E-state index contributed by atoms with van der Waals surface area (Å²) in [6, 6.07) is 7.22. The van der Waals surface area contributed by atoms with Crippen molar-refractivity contribution in [2.24, 2.45) is 0 Å². The minimum Gasteiger partial charge on any atom is -0.481 e. The van der Waals surface area contributed by atoms with Crippen LogP contribution in [0.3, 0.4) is 0 Å². The van der Waals surface area contributed by atoms with Gasteiger partial charge in [0.1, 0.15) is 5.69 Å². The van der Waals surface area contributed by atoms with E-state index >= 15 is 0 Å². The van der Waals surface area contributed by atoms with E-state index in [1.165, 1.54) is 6.07 Å². The lowest BCUT2D eigenvalue weighted by Crippen LogP contribution is -2.27. The highest BCUT2D eigenvalue weighted by Crippen LogP contribution is 2.12. The Hall–Kier alpha value is -3.16. The van der Waals surface area contributed by atoms with E-state index in [-0.39, 0.29) is 12.1 Å². The summed E-state index contributed by atoms with van der Waals surface area (Å²) < 4.78 is 0. The molecule has 0 aliphatic heterocycles. The van der Waals surface area contributed by atoms with Crippen LogP contribution in [0.1, 0.15) is 16.1 Å². The number of hydrogen-bond donors (Lipinski definition) is 4. The van der Waals surface area contributed by atoms with Crippen LogP contribution in [0.25, 0.3) is 0 Å². The first-order chi connectivity index (χ1) is 9.94. The van der Waals surface area contributed by atoms with Crippen molar-refractivity contribution < 1.29 is 14.7 Å². The number of aromatic amines is 2. The molecule has 1 amide bonds. The second kappa shape index (κ2) is 5.87. The standard InChI is InChI=1S/C13H11N3O5/c17-10-6-9(15-13(21)16-10)12(20)14-8-3-1-2-7(4-8)5-11(18)19/h1-4,6H,5H2,(H,14,20)(H,18,19)(H2,15,16,17,21). The average molecular weight is 289 g/mol. The summed E-state index contributed by atoms with van der Waals surface area (Å²) in [5, 5.41) is 11.2. The molecule has 21 heavy (non-hydrogen) atoms. The number of H-pyrrole nitrogens is 2. The molecule has 0 bridgehead atoms. The molecule has 0 saturated heterocycles. The van der Waals surface area contributed by atoms with Gasteiger partial charge in [0.05, 0.1) is 6.42 Å². The zero-order valence-electron chi connectivity index (χ0n) is 10.7. The second-order valence-electron chi connectivity index (χ2n) is 4.23. The number of carbonyl (C=O) groups excluding carboxylic acids is 1. The number of carbonyl (C=O) groups is 2. The molecule has 0 fully saturated rings. The molecule has 0 aliphatic carbocycles. The summed E-state index contributed by atoms with van der Waals surface area (Å²) in [4.78, 5) is 48.9. The van der Waals surface area contributed by atoms with Crippen molar-refractivity contribution in [1.82, 2.24) is 9.97 Å². The van der Waals surface area contributed by atoms with Crippen LogP contribution < -0.4 is 16.6 Å². The minimum atomic E-state index is -0.989. The molecule has 0 spiro atoms. The van der Waals surface area contributed by atoms with Gasteiger partial charge in [-0.05, 0) is 17.7 Å². The summed E-state index contributed by atoms with van der Waals surface area (Å²) in [5.74, 6) is -1.66. The third-order valence-electron chi connectivity index (χ3n) is 2.55. The Labute approximate surface area is 117 Å². The molecule has 2 aromatic rings. The first-order valence-corrected chi connectivity index (χ1v) is 5.90. The lowest BCUT2D eigenvalue weighted by Gasteiger charge is -2.06. The molecule has 2 rings (SSSR count). The Morgan fingerprint density at radius 3 is 2.57 bits per heavy atom. The van der Waals surface area contributed by atoms with Crippen molar-refractivity contribution in [3.8, 4) is 0 Å². The van der Waals surface area contributed by atoms with Crippen LogP contribution in [0.2, 0.25) is 0 Å². The molecule has 0 radical (unpaired) electrons. The first-order valence-electron chi connectivity index (χ1n) is 5.90. The number of anilines is 1. The average Bonchev–Trinajstić information content (AvgIpc) is 2.37. The molecule has 0 aliphatic rings. The number of nitrogens with one attached hydrogen (secondary N) is 3. The van der Waals surface area contributed by atoms with E-state index in [9.17, 15) is 19.2 Å². The van der Waals surface area contributed by atoms with Crippen molar-refractivity contribution in [3.05, 3.63) is 62.4 Å². The summed E-state index contributed by atoms with van der Waals surface area (Å²) in [5.41, 5.74) is -0.789. The van der Waals surface area contributed by atoms with Gasteiger partial charge in [-0.1, -0.05) is 12.1 Å². The van der Waals surface area contributed by atoms with E-state index in [0.29, 0.717) is 11.3 Å². The maximum atomic E-state index is 11.9. The van der Waals surface area contributed by atoms with Crippen LogP contribution in [0.15, 0.2) is 39.9 Å². The van der Waals surface area contributed by atoms with Gasteiger partial charge in [0.15, 0.2) is 0 Å². The lowest BCUT2D eigenvalue weighted by molar-refractivity contribution is -0.136. The predicted molar refractivity (Wildman–Crippen MR) is 73.4 cm³/mol. The fourth-order valence-electron chi connectivity index (χ4n) is 1.72. The third-order valence-corrected chi connectivity index (χ3v) is 2.55. The van der Waals surface area contributed by atoms with Gasteiger partial charge in [-0.3, -0.25) is 19.4 Å². The van der Waals surface area contributed by atoms with E-state index in [4.69, 9.17) is 5.11 Å². The molecule has 0 unspecified atom stereocenters. The molecule has 8 nitrogen and oxygen atoms in total. The van der Waals surface area contributed by atoms with Crippen LogP contribution in [0, 0.1) is 0 Å². The van der Waals surface area contributed by atoms with E-state index in [0.717, 1.165) is 6.07 Å². The monoisotopic (exact) mass is 289 g/mol. The van der Waals surface area contributed by atoms with E-state index in [2.05, 4.69) is 10.3 Å². The second-order valence-corrected chi connectivity index (χ2v) is 4.23. The van der Waals surface area contributed by atoms with Gasteiger partial charge in [0.2, 0.25) is 0 Å². The zero-order chi connectivity index (χ0) is 15.4. The molecule has 8 heteroatoms. The van der Waals surface area contributed by atoms with Gasteiger partial charge in [-0.15, -0.1) is 0 Å². The van der Waals surface area contributed by atoms with Crippen LogP contribution in [-0.2, 0) is 11.2 Å². The molecule has 0 saturated carbocycles. The van der Waals surface area contributed by atoms with Gasteiger partial charge < -0.3 is 15.4 Å². The number of carboxylic acid groups (broad SMARTS) is 1. The lowest BCUT2D eigenvalue weighted by atomic mass is 10.1. The Morgan fingerprint density at radius 1 is 1.14 bits per heavy atom. The van der Waals surface area contributed by atoms with Crippen molar-refractivity contribution >= 4 is 17.6 Å². The summed E-state index contributed by atoms with van der Waals surface area (Å²) in [6.45, 7) is 0. The molecular weight excluding hydrogens is 278 g/mol. The van der Waals surface area contributed by atoms with E-state index < -0.39 is 23.1 Å². The highest BCUT2D eigenvalue weighted by molar-refractivity contribution is 6.02. The summed E-state index contributed by atoms with van der Waals surface area (Å²) in [6.07, 6.45) is -0.175. The molecule has 0 atom stereocenters. The molecule has 1 heterocycles. The Morgan fingerprint density at radius 2 is 1.90 bits per heavy atom. The normalized spacial score (nSPS) is 10.1. The molecule has 108 valence electrons. The van der Waals surface area contributed by atoms with Gasteiger partial charge in [0, 0.05) is 11.8 Å². The maximum absolute atomic E-state index is 11.9. The van der Waals surface area contributed by atoms with Crippen LogP contribution in [0.4, 0.5) is 5.69 Å². The topological polar surface area (TPSA) is 132 Å². The number of benzene rings is 1. The Kier molecular flexibility index (Phi) is 3.98. The Balaban J connectivity index is 2.21. The van der Waals surface area contributed by atoms with Crippen LogP contribution in [0.5, 0.6) is 0 Å². The number of carboxylic acids is 1. The number of hydrogen-bond acceptors (Lipinski definition) is 4. The van der Waals surface area contributed by atoms with Crippen molar-refractivity contribution in [2.45, 2.75) is 6.42 Å². The Bertz CT molecular complexity index is 777. The van der Waals surface area contributed by atoms with Gasteiger partial charge in [-0.2, -0.15) is 0 Å². The summed E-state index contributed by atoms with van der Waals surface area (Å²) in [7, 11) is 0. The van der Waals surface area contributed by atoms with Crippen LogP contribution >= 0.6 is 0 Å². The number of aromatic nitrogens is 2. The highest BCUT2D eigenvalue weighted by Gasteiger charge is 2.09. The quantitative estimate of drug-likeness (QED) is 0.626. The van der Waals surface area contributed by atoms with Crippen molar-refractivity contribution in [1.29, 1.82) is 0 Å². The van der Waals surface area contributed by atoms with E-state index in [1.807, 2.05) is 4.98 Å². The molecule has 4 N–H and O–H groups in total. The van der Waals surface area contributed by atoms with Crippen molar-refractivity contribution in [2.75, 3.05) is 5.32 Å². The molecule has 1 aromatic heterocycles. The summed E-state index contributed by atoms with van der Waals surface area (Å²) >= 11 is 0. The SMILES string of the molecule is O=C(O)Cc1cccc(NC(=O)c2cc(=O)[nH]c(=O)[nH]2)c1. The first kappa shape index (κ1) is 14.3. The largest absolute Gasteiger partial charge is 0.481 e. The maximum Gasteiger partial charge on any atom is 0.326 e. The fraction of sp³-hybridized carbons (Fsp3) is 0.0769. The minimum absolute atomic E-state index is 0.175. The number of rotatable bonds is 4. The van der Waals surface area contributed by atoms with Crippen molar-refractivity contribution in [3.63, 3.8) is 0 Å². The fourth-order valence-corrected chi connectivity index (χ4v) is 1.72. The van der Waals surface area contributed by atoms with Crippen LogP contribution in [-0.4, -0.2) is 27.0 Å². The molecule has 1 aromatic carbocycles. The van der Waals surface area contributed by atoms with Gasteiger partial charge in [-0.25, -0.2) is 4.79 Å². The van der Waals surface area contributed by atoms with Gasteiger partial charge in [0.25, 0.3) is 11.5 Å². The van der Waals surface area contributed by atoms with E-state index in [1.54, 1.807) is 18.2 Å². The number of amides is 1. The zero-order valence-corrected chi connectivity index (χ0v) is 10.7. The third kappa shape index (κ3) is 3.90.